The lowest BCUT2D eigenvalue weighted by Crippen LogP contribution is -2.41. The van der Waals surface area contributed by atoms with Gasteiger partial charge in [-0.2, -0.15) is 0 Å². The van der Waals surface area contributed by atoms with Crippen LogP contribution in [0.1, 0.15) is 6.42 Å². The van der Waals surface area contributed by atoms with Gasteiger partial charge in [0.25, 0.3) is 5.34 Å². The summed E-state index contributed by atoms with van der Waals surface area (Å²) in [7, 11) is -33.3. The van der Waals surface area contributed by atoms with Crippen LogP contribution >= 0.6 is 53.2 Å². The van der Waals surface area contributed by atoms with E-state index in [4.69, 9.17) is 83.8 Å². The van der Waals surface area contributed by atoms with Crippen LogP contribution in [0, 0.1) is 0 Å². The van der Waals surface area contributed by atoms with Crippen molar-refractivity contribution in [2.45, 2.75) is 17.3 Å². The van der Waals surface area contributed by atoms with Crippen LogP contribution in [0.25, 0.3) is 0 Å². The van der Waals surface area contributed by atoms with E-state index >= 15 is 0 Å². The van der Waals surface area contributed by atoms with Crippen molar-refractivity contribution < 1.29 is 144 Å². The molecule has 0 saturated heterocycles. The van der Waals surface area contributed by atoms with Gasteiger partial charge in [0.2, 0.25) is 5.52 Å². The summed E-state index contributed by atoms with van der Waals surface area (Å²) in [6.45, 7) is -2.18. The van der Waals surface area contributed by atoms with Gasteiger partial charge in [0.1, 0.15) is 6.61 Å². The highest BCUT2D eigenvalue weighted by atomic mass is 31.2. The summed E-state index contributed by atoms with van der Waals surface area (Å²) in [4.78, 5) is 145. The van der Waals surface area contributed by atoms with Crippen LogP contribution in [0.2, 0.25) is 0 Å². The Hall–Kier alpha value is -1.18. The summed E-state index contributed by atoms with van der Waals surface area (Å²) >= 11 is 0. The first kappa shape index (κ1) is 53.6. The highest BCUT2D eigenvalue weighted by Crippen LogP contribution is 2.57. The van der Waals surface area contributed by atoms with Crippen molar-refractivity contribution in [1.82, 2.24) is 0 Å². The zero-order chi connectivity index (χ0) is 40.0. The van der Waals surface area contributed by atoms with Crippen molar-refractivity contribution in [1.29, 1.82) is 0 Å². The Bertz CT molecular complexity index is 1280. The molecule has 48 heavy (non-hydrogen) atoms. The third kappa shape index (κ3) is 34.7. The molecule has 0 rings (SSSR count). The quantitative estimate of drug-likeness (QED) is 0.0518. The molecular weight excluding hydrogens is 831 g/mol. The van der Waals surface area contributed by atoms with Gasteiger partial charge in [0, 0.05) is 6.42 Å². The maximum atomic E-state index is 11.3. The highest BCUT2D eigenvalue weighted by Gasteiger charge is 2.52. The molecule has 19 N–H and O–H groups in total. The molecule has 0 saturated carbocycles. The van der Waals surface area contributed by atoms with Crippen LogP contribution in [0.15, 0.2) is 0 Å². The Morgan fingerprint density at radius 3 is 0.979 bits per heavy atom. The Balaban J connectivity index is -0.000000292. The smallest absolute Gasteiger partial charge is 0.450 e. The summed E-state index contributed by atoms with van der Waals surface area (Å²) < 4.78 is 82.7. The largest absolute Gasteiger partial charge is 0.507 e. The second-order valence-electron chi connectivity index (χ2n) is 7.81. The van der Waals surface area contributed by atoms with Gasteiger partial charge in [0.05, 0.1) is 6.61 Å². The number of hydrogen-bond acceptors (Lipinski definition) is 14. The summed E-state index contributed by atoms with van der Waals surface area (Å²) in [6, 6.07) is 0. The van der Waals surface area contributed by atoms with E-state index in [1.807, 2.05) is 0 Å². The zero-order valence-corrected chi connectivity index (χ0v) is 29.0. The molecule has 0 aliphatic heterocycles. The molecule has 0 heterocycles. The minimum Gasteiger partial charge on any atom is -0.450 e. The molecule has 0 amide bonds. The topological polar surface area (TPSA) is 568 Å². The number of ether oxygens (including phenoxy) is 3. The number of nitrogens with two attached hydrogens (primary N) is 1. The molecule has 0 aromatic rings. The molecule has 38 heteroatoms. The fraction of sp³-hybridized carbons (Fsp3) is 0.700. The standard InChI is InChI=1S/C7H11O12P.CH7NO6P2.2CH6O6P2/c8-4(9)17-2-1-7(19-6(12)13,20(14,15)16)3-18-5(10)11;2-1(9(3,4)5)10(6,7)8;2*2-8(3,4)1-9(5,6)7/h1-3H2,(H,8,9)(H,10,11)(H,12,13)(H2,14,15,16);1H,2H2,(H2,3,4,5)(H2,6,7,8);2*1H2,(H2,2,3,4)(H2,5,6,7). The van der Waals surface area contributed by atoms with Crippen molar-refractivity contribution in [2.24, 2.45) is 5.73 Å². The van der Waals surface area contributed by atoms with Gasteiger partial charge in [-0.15, -0.1) is 0 Å². The zero-order valence-electron chi connectivity index (χ0n) is 22.7. The number of hydrogen-bond donors (Lipinski definition) is 18. The van der Waals surface area contributed by atoms with Gasteiger partial charge in [0.15, 0.2) is 11.8 Å². The van der Waals surface area contributed by atoms with Crippen LogP contribution < -0.4 is 5.73 Å². The van der Waals surface area contributed by atoms with Crippen LogP contribution in [0.4, 0.5) is 14.4 Å². The van der Waals surface area contributed by atoms with E-state index in [9.17, 15) is 46.3 Å². The van der Waals surface area contributed by atoms with Crippen molar-refractivity contribution >= 4 is 71.6 Å². The molecule has 0 aromatic heterocycles. The van der Waals surface area contributed by atoms with Crippen LogP contribution in [0.3, 0.4) is 0 Å². The fourth-order valence-corrected chi connectivity index (χ4v) is 7.97. The second kappa shape index (κ2) is 20.6. The molecule has 1 unspecified atom stereocenters. The molecule has 31 nitrogen and oxygen atoms in total. The lowest BCUT2D eigenvalue weighted by Gasteiger charge is -2.31. The molecule has 290 valence electrons. The minimum atomic E-state index is -5.34. The van der Waals surface area contributed by atoms with E-state index in [-0.39, 0.29) is 0 Å². The van der Waals surface area contributed by atoms with E-state index in [1.165, 1.54) is 0 Å². The normalized spacial score (nSPS) is 13.9. The Morgan fingerprint density at radius 1 is 0.542 bits per heavy atom. The Labute approximate surface area is 264 Å². The highest BCUT2D eigenvalue weighted by molar-refractivity contribution is 7.71. The first-order chi connectivity index (χ1) is 20.6. The monoisotopic (exact) mass is 861 g/mol. The average molecular weight is 861 g/mol. The minimum absolute atomic E-state index is 0.850. The van der Waals surface area contributed by atoms with Gasteiger partial charge in [-0.1, -0.05) is 0 Å². The molecule has 0 aromatic carbocycles. The average Bonchev–Trinajstić information content (AvgIpc) is 2.70. The van der Waals surface area contributed by atoms with Crippen molar-refractivity contribution in [2.75, 3.05) is 25.0 Å². The second-order valence-corrected chi connectivity index (χ2v) is 21.2. The fourth-order valence-electron chi connectivity index (χ4n) is 1.75. The first-order valence-corrected chi connectivity index (χ1v) is 22.5. The number of carbonyl (C=O) groups is 3. The van der Waals surface area contributed by atoms with Gasteiger partial charge in [-0.05, 0) is 0 Å². The van der Waals surface area contributed by atoms with E-state index in [2.05, 4.69) is 19.9 Å². The van der Waals surface area contributed by atoms with Gasteiger partial charge in [-0.25, -0.2) is 14.4 Å². The summed E-state index contributed by atoms with van der Waals surface area (Å²) in [5.41, 5.74) is 2.10. The van der Waals surface area contributed by atoms with E-state index in [0.29, 0.717) is 0 Å². The number of carboxylic acid groups (broad SMARTS) is 3. The third-order valence-electron chi connectivity index (χ3n) is 3.37. The van der Waals surface area contributed by atoms with E-state index in [0.717, 1.165) is 0 Å². The lowest BCUT2D eigenvalue weighted by molar-refractivity contribution is -0.0415. The molecule has 0 spiro atoms. The molecule has 0 fully saturated rings. The Kier molecular flexibility index (Phi) is 23.0. The van der Waals surface area contributed by atoms with Crippen molar-refractivity contribution in [3.05, 3.63) is 0 Å². The van der Waals surface area contributed by atoms with Gasteiger partial charge in [-0.3, -0.25) is 32.0 Å². The lowest BCUT2D eigenvalue weighted by atomic mass is 10.2. The van der Waals surface area contributed by atoms with Crippen LogP contribution in [-0.4, -0.2) is 138 Å². The van der Waals surface area contributed by atoms with Crippen molar-refractivity contribution in [3.63, 3.8) is 0 Å². The predicted octanol–water partition coefficient (Wildman–Crippen LogP) is -2.48. The SMILES string of the molecule is NC(P(=O)(O)O)P(=O)(O)O.O=C(O)OCCC(COC(=O)O)(OC(=O)O)P(=O)(O)O.O=P(O)(O)CP(=O)(O)O.O=P(O)(O)CP(=O)(O)O. The molecule has 1 atom stereocenters. The molecule has 0 radical (unpaired) electrons. The maximum absolute atomic E-state index is 11.3. The van der Waals surface area contributed by atoms with E-state index < -0.39 is 114 Å². The molecule has 0 bridgehead atoms. The summed E-state index contributed by atoms with van der Waals surface area (Å²) in [5.74, 6) is -2.75. The summed E-state index contributed by atoms with van der Waals surface area (Å²) in [5, 5.41) is 22.1. The summed E-state index contributed by atoms with van der Waals surface area (Å²) in [6.07, 6.45) is -6.77. The molecule has 0 aliphatic rings. The maximum Gasteiger partial charge on any atom is 0.507 e. The van der Waals surface area contributed by atoms with Crippen LogP contribution in [-0.2, 0) is 46.2 Å². The van der Waals surface area contributed by atoms with E-state index in [1.54, 1.807) is 0 Å². The van der Waals surface area contributed by atoms with Crippen LogP contribution in [0.5, 0.6) is 0 Å². The molecule has 0 aliphatic carbocycles. The van der Waals surface area contributed by atoms with Crippen molar-refractivity contribution in [3.8, 4) is 0 Å². The van der Waals surface area contributed by atoms with Gasteiger partial charge < -0.3 is 104 Å². The number of rotatable bonds is 13. The first-order valence-electron chi connectivity index (χ1n) is 10.3. The molecular formula is C10H30NO30P7. The third-order valence-corrected chi connectivity index (χ3v) is 14.0. The van der Waals surface area contributed by atoms with Gasteiger partial charge >= 0.3 is 71.6 Å². The predicted molar refractivity (Wildman–Crippen MR) is 146 cm³/mol. The Morgan fingerprint density at radius 2 is 0.833 bits per heavy atom.